The second-order valence-electron chi connectivity index (χ2n) is 6.29. The summed E-state index contributed by atoms with van der Waals surface area (Å²) in [6.07, 6.45) is 3.43. The van der Waals surface area contributed by atoms with Crippen molar-refractivity contribution in [2.45, 2.75) is 51.3 Å². The highest BCUT2D eigenvalue weighted by molar-refractivity contribution is 5.10. The number of nitrogens with one attached hydrogen (secondary N) is 1. The zero-order valence-corrected chi connectivity index (χ0v) is 12.9. The van der Waals surface area contributed by atoms with Gasteiger partial charge < -0.3 is 14.8 Å². The molecule has 0 aromatic carbocycles. The molecule has 0 bridgehead atoms. The molecule has 1 fully saturated rings. The Hall–Kier alpha value is -1.04. The maximum absolute atomic E-state index is 5.74. The molecule has 0 atom stereocenters. The largest absolute Gasteiger partial charge is 0.381 e. The molecule has 5 nitrogen and oxygen atoms in total. The molecular weight excluding hydrogens is 254 g/mol. The van der Waals surface area contributed by atoms with E-state index in [1.165, 1.54) is 0 Å². The van der Waals surface area contributed by atoms with Gasteiger partial charge in [-0.2, -0.15) is 0 Å². The van der Waals surface area contributed by atoms with Crippen molar-refractivity contribution < 1.29 is 9.47 Å². The molecule has 1 aromatic rings. The van der Waals surface area contributed by atoms with Crippen LogP contribution in [0.25, 0.3) is 0 Å². The van der Waals surface area contributed by atoms with Gasteiger partial charge in [0.1, 0.15) is 5.60 Å². The summed E-state index contributed by atoms with van der Waals surface area (Å²) < 4.78 is 11.2. The molecular formula is C15H25N3O2. The Labute approximate surface area is 121 Å². The summed E-state index contributed by atoms with van der Waals surface area (Å²) in [5.41, 5.74) is 0.673. The van der Waals surface area contributed by atoms with E-state index in [1.54, 1.807) is 7.11 Å². The summed E-state index contributed by atoms with van der Waals surface area (Å²) in [5, 5.41) is 3.44. The minimum atomic E-state index is -0.393. The van der Waals surface area contributed by atoms with Crippen LogP contribution in [0.4, 0.5) is 0 Å². The molecule has 1 aromatic heterocycles. The van der Waals surface area contributed by atoms with Crippen molar-refractivity contribution in [1.82, 2.24) is 15.3 Å². The fraction of sp³-hybridized carbons (Fsp3) is 0.733. The zero-order chi connectivity index (χ0) is 14.6. The molecule has 1 aliphatic rings. The van der Waals surface area contributed by atoms with Gasteiger partial charge in [-0.3, -0.25) is 0 Å². The number of rotatable bonds is 4. The molecule has 5 heteroatoms. The molecule has 20 heavy (non-hydrogen) atoms. The van der Waals surface area contributed by atoms with Crippen LogP contribution < -0.4 is 5.32 Å². The fourth-order valence-electron chi connectivity index (χ4n) is 2.29. The van der Waals surface area contributed by atoms with Crippen LogP contribution in [0.1, 0.15) is 45.1 Å². The highest BCUT2D eigenvalue weighted by Crippen LogP contribution is 2.33. The molecule has 2 heterocycles. The summed E-state index contributed by atoms with van der Waals surface area (Å²) in [5.74, 6) is 0.775. The average Bonchev–Trinajstić information content (AvgIpc) is 2.45. The summed E-state index contributed by atoms with van der Waals surface area (Å²) in [7, 11) is 1.73. The van der Waals surface area contributed by atoms with Gasteiger partial charge in [0.25, 0.3) is 0 Å². The van der Waals surface area contributed by atoms with Crippen molar-refractivity contribution >= 4 is 0 Å². The normalized spacial score (nSPS) is 19.0. The summed E-state index contributed by atoms with van der Waals surface area (Å²) in [6.45, 7) is 8.55. The van der Waals surface area contributed by atoms with E-state index in [-0.39, 0.29) is 5.54 Å². The highest BCUT2D eigenvalue weighted by Gasteiger charge is 2.37. The molecule has 0 aliphatic carbocycles. The summed E-state index contributed by atoms with van der Waals surface area (Å²) >= 11 is 0. The Morgan fingerprint density at radius 2 is 2.05 bits per heavy atom. The SMILES string of the molecule is COC1(c2nccc(CNC(C)(C)C)n2)CCOCC1. The lowest BCUT2D eigenvalue weighted by atomic mass is 9.93. The number of aromatic nitrogens is 2. The lowest BCUT2D eigenvalue weighted by molar-refractivity contribution is -0.100. The standard InChI is InChI=1S/C15H25N3O2/c1-14(2,3)17-11-12-5-8-16-13(18-12)15(19-4)6-9-20-10-7-15/h5,8,17H,6-7,9-11H2,1-4H3. The molecule has 0 spiro atoms. The first-order valence-electron chi connectivity index (χ1n) is 7.15. The minimum absolute atomic E-state index is 0.0722. The van der Waals surface area contributed by atoms with Gasteiger partial charge in [0.15, 0.2) is 5.82 Å². The Balaban J connectivity index is 2.15. The number of methoxy groups -OCH3 is 1. The first-order valence-corrected chi connectivity index (χ1v) is 7.15. The number of hydrogen-bond donors (Lipinski definition) is 1. The van der Waals surface area contributed by atoms with Gasteiger partial charge in [0, 0.05) is 51.4 Å². The molecule has 112 valence electrons. The van der Waals surface area contributed by atoms with Crippen LogP contribution in [0, 0.1) is 0 Å². The Morgan fingerprint density at radius 1 is 1.35 bits per heavy atom. The van der Waals surface area contributed by atoms with Gasteiger partial charge in [-0.05, 0) is 26.8 Å². The monoisotopic (exact) mass is 279 g/mol. The van der Waals surface area contributed by atoms with Crippen LogP contribution >= 0.6 is 0 Å². The van der Waals surface area contributed by atoms with Gasteiger partial charge in [-0.1, -0.05) is 0 Å². The van der Waals surface area contributed by atoms with Crippen molar-refractivity contribution in [3.8, 4) is 0 Å². The third kappa shape index (κ3) is 3.75. The number of nitrogens with zero attached hydrogens (tertiary/aromatic N) is 2. The molecule has 0 amide bonds. The van der Waals surface area contributed by atoms with Gasteiger partial charge in [0.05, 0.1) is 5.69 Å². The van der Waals surface area contributed by atoms with Gasteiger partial charge in [-0.25, -0.2) is 9.97 Å². The Kier molecular flexibility index (Phi) is 4.73. The number of hydrogen-bond acceptors (Lipinski definition) is 5. The molecule has 1 N–H and O–H groups in total. The Morgan fingerprint density at radius 3 is 2.65 bits per heavy atom. The molecule has 0 saturated carbocycles. The average molecular weight is 279 g/mol. The molecule has 1 saturated heterocycles. The highest BCUT2D eigenvalue weighted by atomic mass is 16.5. The van der Waals surface area contributed by atoms with Crippen molar-refractivity contribution in [2.24, 2.45) is 0 Å². The fourth-order valence-corrected chi connectivity index (χ4v) is 2.29. The quantitative estimate of drug-likeness (QED) is 0.913. The van der Waals surface area contributed by atoms with E-state index < -0.39 is 5.60 Å². The predicted octanol–water partition coefficient (Wildman–Crippen LogP) is 2.02. The molecule has 0 radical (unpaired) electrons. The van der Waals surface area contributed by atoms with Crippen LogP contribution in [-0.2, 0) is 21.6 Å². The Bertz CT molecular complexity index is 437. The second kappa shape index (κ2) is 6.16. The van der Waals surface area contributed by atoms with E-state index in [4.69, 9.17) is 9.47 Å². The van der Waals surface area contributed by atoms with E-state index >= 15 is 0 Å². The lowest BCUT2D eigenvalue weighted by Crippen LogP contribution is -2.38. The van der Waals surface area contributed by atoms with Gasteiger partial charge >= 0.3 is 0 Å². The van der Waals surface area contributed by atoms with Crippen LogP contribution in [0.15, 0.2) is 12.3 Å². The maximum Gasteiger partial charge on any atom is 0.160 e. The van der Waals surface area contributed by atoms with Crippen molar-refractivity contribution in [3.63, 3.8) is 0 Å². The van der Waals surface area contributed by atoms with E-state index in [2.05, 4.69) is 36.1 Å². The van der Waals surface area contributed by atoms with E-state index in [0.717, 1.165) is 30.9 Å². The van der Waals surface area contributed by atoms with E-state index in [1.807, 2.05) is 12.3 Å². The van der Waals surface area contributed by atoms with Crippen LogP contribution in [-0.4, -0.2) is 35.8 Å². The van der Waals surface area contributed by atoms with E-state index in [0.29, 0.717) is 13.2 Å². The lowest BCUT2D eigenvalue weighted by Gasteiger charge is -2.34. The van der Waals surface area contributed by atoms with Crippen LogP contribution in [0.5, 0.6) is 0 Å². The predicted molar refractivity (Wildman–Crippen MR) is 77.4 cm³/mol. The van der Waals surface area contributed by atoms with E-state index in [9.17, 15) is 0 Å². The first-order chi connectivity index (χ1) is 9.45. The molecule has 1 aliphatic heterocycles. The molecule has 2 rings (SSSR count). The van der Waals surface area contributed by atoms with Crippen LogP contribution in [0.2, 0.25) is 0 Å². The van der Waals surface area contributed by atoms with Crippen LogP contribution in [0.3, 0.4) is 0 Å². The maximum atomic E-state index is 5.74. The molecule has 0 unspecified atom stereocenters. The summed E-state index contributed by atoms with van der Waals surface area (Å²) in [6, 6.07) is 1.95. The van der Waals surface area contributed by atoms with Gasteiger partial charge in [0.2, 0.25) is 0 Å². The van der Waals surface area contributed by atoms with Crippen molar-refractivity contribution in [3.05, 3.63) is 23.8 Å². The first kappa shape index (κ1) is 15.4. The van der Waals surface area contributed by atoms with Gasteiger partial charge in [-0.15, -0.1) is 0 Å². The minimum Gasteiger partial charge on any atom is -0.381 e. The van der Waals surface area contributed by atoms with Crippen molar-refractivity contribution in [1.29, 1.82) is 0 Å². The third-order valence-electron chi connectivity index (χ3n) is 3.61. The number of ether oxygens (including phenoxy) is 2. The topological polar surface area (TPSA) is 56.3 Å². The van der Waals surface area contributed by atoms with Crippen molar-refractivity contribution in [2.75, 3.05) is 20.3 Å². The summed E-state index contributed by atoms with van der Waals surface area (Å²) in [4.78, 5) is 9.12. The second-order valence-corrected chi connectivity index (χ2v) is 6.29. The smallest absolute Gasteiger partial charge is 0.160 e. The zero-order valence-electron chi connectivity index (χ0n) is 12.9. The third-order valence-corrected chi connectivity index (χ3v) is 3.61.